The van der Waals surface area contributed by atoms with Gasteiger partial charge in [0.2, 0.25) is 0 Å². The molecule has 0 saturated carbocycles. The number of ether oxygens (including phenoxy) is 1. The van der Waals surface area contributed by atoms with Gasteiger partial charge in [-0.05, 0) is 6.42 Å². The van der Waals surface area contributed by atoms with Crippen molar-refractivity contribution in [2.24, 2.45) is 5.73 Å². The summed E-state index contributed by atoms with van der Waals surface area (Å²) in [7, 11) is 0. The molecule has 0 rings (SSSR count). The molecule has 0 aromatic carbocycles. The Labute approximate surface area is 153 Å². The molecule has 0 saturated heterocycles. The molecule has 0 aliphatic rings. The normalized spacial score (nSPS) is 10.0. The monoisotopic (exact) mass is 309 g/mol. The molecule has 21 heavy (non-hydrogen) atoms. The van der Waals surface area contributed by atoms with Crippen molar-refractivity contribution < 1.29 is 45.3 Å². The van der Waals surface area contributed by atoms with Gasteiger partial charge < -0.3 is 11.9 Å². The predicted octanol–water partition coefficient (Wildman–Crippen LogP) is 0.833. The van der Waals surface area contributed by atoms with Gasteiger partial charge >= 0.3 is 41.5 Å². The van der Waals surface area contributed by atoms with E-state index in [0.29, 0.717) is 6.42 Å². The Morgan fingerprint density at radius 1 is 0.810 bits per heavy atom. The summed E-state index contributed by atoms with van der Waals surface area (Å²) in [4.78, 5) is 21.9. The van der Waals surface area contributed by atoms with Crippen LogP contribution >= 0.6 is 0 Å². The van der Waals surface area contributed by atoms with Crippen LogP contribution in [0.4, 0.5) is 0 Å². The Hall–Kier alpha value is 0.1000. The smallest absolute Gasteiger partial charge is 1.00 e. The minimum absolute atomic E-state index is 0. The van der Waals surface area contributed by atoms with Crippen LogP contribution in [0.15, 0.2) is 0 Å². The van der Waals surface area contributed by atoms with Gasteiger partial charge in [0.1, 0.15) is 0 Å². The first-order valence-electron chi connectivity index (χ1n) is 8.14. The zero-order chi connectivity index (χ0) is 15.1. The fraction of sp³-hybridized carbons (Fsp3) is 0.875. The molecule has 0 unspecified atom stereocenters. The molecular weight excluding hydrogens is 277 g/mol. The summed E-state index contributed by atoms with van der Waals surface area (Å²) in [5, 5.41) is 0. The molecule has 5 heteroatoms. The van der Waals surface area contributed by atoms with Crippen molar-refractivity contribution in [1.82, 2.24) is 0 Å². The fourth-order valence-corrected chi connectivity index (χ4v) is 2.15. The largest absolute Gasteiger partial charge is 1.00 e. The van der Waals surface area contributed by atoms with Gasteiger partial charge in [0.25, 0.3) is 0 Å². The van der Waals surface area contributed by atoms with Crippen molar-refractivity contribution in [2.75, 3.05) is 6.54 Å². The SMILES string of the molecule is CCCCCCCCCCCCCC(=O)OC(=O)CN.[H-].[Na+]. The van der Waals surface area contributed by atoms with E-state index in [4.69, 9.17) is 5.73 Å². The Balaban J connectivity index is -0.00000180. The van der Waals surface area contributed by atoms with Crippen LogP contribution in [0.3, 0.4) is 0 Å². The molecule has 120 valence electrons. The van der Waals surface area contributed by atoms with Gasteiger partial charge in [-0.2, -0.15) is 0 Å². The van der Waals surface area contributed by atoms with Gasteiger partial charge in [0.05, 0.1) is 6.54 Å². The maximum atomic E-state index is 11.2. The quantitative estimate of drug-likeness (QED) is 0.237. The molecule has 0 amide bonds. The summed E-state index contributed by atoms with van der Waals surface area (Å²) in [6, 6.07) is 0. The van der Waals surface area contributed by atoms with E-state index in [1.165, 1.54) is 51.4 Å². The number of carbonyl (C=O) groups is 2. The van der Waals surface area contributed by atoms with Gasteiger partial charge in [0, 0.05) is 6.42 Å². The third kappa shape index (κ3) is 18.1. The Morgan fingerprint density at radius 3 is 1.67 bits per heavy atom. The van der Waals surface area contributed by atoms with Crippen LogP contribution in [0.5, 0.6) is 0 Å². The number of rotatable bonds is 13. The molecule has 0 aliphatic carbocycles. The third-order valence-corrected chi connectivity index (χ3v) is 3.38. The van der Waals surface area contributed by atoms with Gasteiger partial charge in [-0.3, -0.25) is 9.59 Å². The van der Waals surface area contributed by atoms with Crippen LogP contribution in [0.25, 0.3) is 0 Å². The number of carbonyl (C=O) groups excluding carboxylic acids is 2. The molecule has 0 aliphatic heterocycles. The standard InChI is InChI=1S/C16H31NO3.Na.H/c1-2-3-4-5-6-7-8-9-10-11-12-13-15(18)20-16(19)14-17;;/h2-14,17H2,1H3;;/q;+1;-1. The third-order valence-electron chi connectivity index (χ3n) is 3.38. The van der Waals surface area contributed by atoms with Crippen LogP contribution in [-0.4, -0.2) is 18.5 Å². The average Bonchev–Trinajstić information content (AvgIpc) is 2.44. The van der Waals surface area contributed by atoms with Crippen LogP contribution in [-0.2, 0) is 14.3 Å². The molecule has 2 N–H and O–H groups in total. The maximum Gasteiger partial charge on any atom is 1.00 e. The summed E-state index contributed by atoms with van der Waals surface area (Å²) >= 11 is 0. The van der Waals surface area contributed by atoms with Crippen molar-refractivity contribution in [2.45, 2.75) is 84.0 Å². The summed E-state index contributed by atoms with van der Waals surface area (Å²) in [6.45, 7) is 2.01. The second-order valence-corrected chi connectivity index (χ2v) is 5.34. The topological polar surface area (TPSA) is 69.4 Å². The van der Waals surface area contributed by atoms with Crippen molar-refractivity contribution in [3.63, 3.8) is 0 Å². The van der Waals surface area contributed by atoms with Crippen LogP contribution in [0.1, 0.15) is 85.4 Å². The summed E-state index contributed by atoms with van der Waals surface area (Å²) in [5.74, 6) is -1.09. The van der Waals surface area contributed by atoms with E-state index in [1.54, 1.807) is 0 Å². The van der Waals surface area contributed by atoms with Crippen LogP contribution in [0.2, 0.25) is 0 Å². The number of esters is 2. The van der Waals surface area contributed by atoms with Crippen molar-refractivity contribution in [3.8, 4) is 0 Å². The summed E-state index contributed by atoms with van der Waals surface area (Å²) < 4.78 is 4.49. The maximum absolute atomic E-state index is 11.2. The van der Waals surface area contributed by atoms with E-state index in [-0.39, 0.29) is 37.5 Å². The van der Waals surface area contributed by atoms with Crippen molar-refractivity contribution >= 4 is 11.9 Å². The zero-order valence-corrected chi connectivity index (χ0v) is 16.0. The van der Waals surface area contributed by atoms with E-state index in [2.05, 4.69) is 11.7 Å². The van der Waals surface area contributed by atoms with Gasteiger partial charge in [0.15, 0.2) is 0 Å². The molecule has 0 bridgehead atoms. The first-order valence-corrected chi connectivity index (χ1v) is 8.14. The van der Waals surface area contributed by atoms with Crippen LogP contribution < -0.4 is 35.3 Å². The minimum Gasteiger partial charge on any atom is -1.00 e. The molecule has 0 spiro atoms. The predicted molar refractivity (Wildman–Crippen MR) is 82.3 cm³/mol. The summed E-state index contributed by atoms with van der Waals surface area (Å²) in [5.41, 5.74) is 5.05. The molecule has 0 fully saturated rings. The van der Waals surface area contributed by atoms with Crippen molar-refractivity contribution in [3.05, 3.63) is 0 Å². The number of hydrogen-bond acceptors (Lipinski definition) is 4. The molecule has 0 aromatic rings. The number of nitrogens with two attached hydrogens (primary N) is 1. The fourth-order valence-electron chi connectivity index (χ4n) is 2.15. The van der Waals surface area contributed by atoms with E-state index >= 15 is 0 Å². The summed E-state index contributed by atoms with van der Waals surface area (Å²) in [6.07, 6.45) is 13.9. The first-order chi connectivity index (χ1) is 9.70. The molecule has 0 aromatic heterocycles. The zero-order valence-electron chi connectivity index (χ0n) is 15.0. The number of hydrogen-bond donors (Lipinski definition) is 1. The minimum atomic E-state index is -0.641. The molecular formula is C16H32NNaO3. The van der Waals surface area contributed by atoms with Gasteiger partial charge in [-0.1, -0.05) is 71.1 Å². The Morgan fingerprint density at radius 2 is 1.24 bits per heavy atom. The van der Waals surface area contributed by atoms with Gasteiger partial charge in [-0.25, -0.2) is 0 Å². The Kier molecular flexibility index (Phi) is 20.2. The molecule has 4 nitrogen and oxygen atoms in total. The second-order valence-electron chi connectivity index (χ2n) is 5.34. The van der Waals surface area contributed by atoms with Gasteiger partial charge in [-0.15, -0.1) is 0 Å². The average molecular weight is 309 g/mol. The van der Waals surface area contributed by atoms with Crippen LogP contribution in [0, 0.1) is 0 Å². The van der Waals surface area contributed by atoms with E-state index < -0.39 is 11.9 Å². The Bertz CT molecular complexity index is 266. The molecule has 0 atom stereocenters. The van der Waals surface area contributed by atoms with E-state index in [0.717, 1.165) is 19.3 Å². The van der Waals surface area contributed by atoms with Crippen molar-refractivity contribution in [1.29, 1.82) is 0 Å². The van der Waals surface area contributed by atoms with E-state index in [1.807, 2.05) is 0 Å². The first kappa shape index (κ1) is 23.4. The molecule has 0 radical (unpaired) electrons. The number of unbranched alkanes of at least 4 members (excludes halogenated alkanes) is 10. The second kappa shape index (κ2) is 18.1. The van der Waals surface area contributed by atoms with E-state index in [9.17, 15) is 9.59 Å². The molecule has 0 heterocycles.